The average Bonchev–Trinajstić information content (AvgIpc) is 2.69. The smallest absolute Gasteiger partial charge is 0.277 e. The topological polar surface area (TPSA) is 90.1 Å². The second-order valence-electron chi connectivity index (χ2n) is 3.76. The van der Waals surface area contributed by atoms with Crippen LogP contribution in [0.25, 0.3) is 0 Å². The molecule has 7 nitrogen and oxygen atoms in total. The van der Waals surface area contributed by atoms with Crippen LogP contribution in [0.3, 0.4) is 0 Å². The van der Waals surface area contributed by atoms with Crippen molar-refractivity contribution in [3.8, 4) is 0 Å². The third-order valence-corrected chi connectivity index (χ3v) is 2.61. The predicted molar refractivity (Wildman–Crippen MR) is 69.3 cm³/mol. The molecule has 1 N–H and O–H groups in total. The summed E-state index contributed by atoms with van der Waals surface area (Å²) in [7, 11) is 1.65. The van der Waals surface area contributed by atoms with E-state index in [1.54, 1.807) is 7.05 Å². The van der Waals surface area contributed by atoms with E-state index in [0.29, 0.717) is 5.69 Å². The number of aryl methyl sites for hydroxylation is 1. The van der Waals surface area contributed by atoms with Crippen LogP contribution >= 0.6 is 11.6 Å². The number of rotatable bonds is 3. The monoisotopic (exact) mass is 280 g/mol. The molecule has 2 aromatic rings. The third-order valence-electron chi connectivity index (χ3n) is 2.34. The van der Waals surface area contributed by atoms with Crippen LogP contribution in [0, 0.1) is 10.1 Å². The quantitative estimate of drug-likeness (QED) is 0.689. The van der Waals surface area contributed by atoms with Crippen molar-refractivity contribution in [1.29, 1.82) is 0 Å². The molecule has 0 unspecified atom stereocenters. The number of non-ortho nitro benzene ring substituents is 1. The van der Waals surface area contributed by atoms with Gasteiger partial charge < -0.3 is 5.32 Å². The molecular formula is C11H9ClN4O3. The van der Waals surface area contributed by atoms with Gasteiger partial charge in [0.2, 0.25) is 0 Å². The normalized spacial score (nSPS) is 10.2. The molecule has 0 fully saturated rings. The van der Waals surface area contributed by atoms with E-state index in [1.807, 2.05) is 0 Å². The lowest BCUT2D eigenvalue weighted by atomic mass is 10.2. The number of amides is 1. The molecule has 1 heterocycles. The van der Waals surface area contributed by atoms with Gasteiger partial charge in [-0.1, -0.05) is 11.6 Å². The van der Waals surface area contributed by atoms with Gasteiger partial charge >= 0.3 is 0 Å². The molecular weight excluding hydrogens is 272 g/mol. The van der Waals surface area contributed by atoms with E-state index in [2.05, 4.69) is 10.4 Å². The Balaban J connectivity index is 2.15. The van der Waals surface area contributed by atoms with Gasteiger partial charge in [0.05, 0.1) is 9.95 Å². The Morgan fingerprint density at radius 2 is 2.05 bits per heavy atom. The summed E-state index contributed by atoms with van der Waals surface area (Å²) in [5.41, 5.74) is 0.480. The number of aromatic nitrogens is 2. The Labute approximate surface area is 112 Å². The second kappa shape index (κ2) is 5.07. The van der Waals surface area contributed by atoms with Gasteiger partial charge in [0, 0.05) is 31.1 Å². The molecule has 19 heavy (non-hydrogen) atoms. The average molecular weight is 281 g/mol. The molecule has 0 bridgehead atoms. The molecule has 0 saturated carbocycles. The first-order valence-corrected chi connectivity index (χ1v) is 5.60. The lowest BCUT2D eigenvalue weighted by molar-refractivity contribution is -0.384. The van der Waals surface area contributed by atoms with Crippen LogP contribution in [0.15, 0.2) is 30.5 Å². The molecule has 0 aliphatic carbocycles. The molecule has 0 atom stereocenters. The predicted octanol–water partition coefficient (Wildman–Crippen LogP) is 2.23. The SMILES string of the molecule is Cn1cc(Cl)c(C(=O)Nc2ccc([N+](=O)[O-])cc2)n1. The lowest BCUT2D eigenvalue weighted by Crippen LogP contribution is -2.13. The van der Waals surface area contributed by atoms with Crippen LogP contribution < -0.4 is 5.32 Å². The van der Waals surface area contributed by atoms with Crippen molar-refractivity contribution in [1.82, 2.24) is 9.78 Å². The zero-order chi connectivity index (χ0) is 14.0. The number of halogens is 1. The number of carbonyl (C=O) groups is 1. The van der Waals surface area contributed by atoms with Crippen molar-refractivity contribution >= 4 is 28.9 Å². The molecule has 1 amide bonds. The fourth-order valence-electron chi connectivity index (χ4n) is 1.47. The molecule has 0 aliphatic heterocycles. The molecule has 0 saturated heterocycles. The van der Waals surface area contributed by atoms with Crippen molar-refractivity contribution < 1.29 is 9.72 Å². The highest BCUT2D eigenvalue weighted by Gasteiger charge is 2.15. The number of anilines is 1. The summed E-state index contributed by atoms with van der Waals surface area (Å²) in [5, 5.41) is 17.2. The summed E-state index contributed by atoms with van der Waals surface area (Å²) in [4.78, 5) is 21.8. The van der Waals surface area contributed by atoms with Crippen LogP contribution in [0.1, 0.15) is 10.5 Å². The van der Waals surface area contributed by atoms with E-state index < -0.39 is 10.8 Å². The van der Waals surface area contributed by atoms with Crippen LogP contribution in [-0.2, 0) is 7.05 Å². The molecule has 0 radical (unpaired) electrons. The van der Waals surface area contributed by atoms with Gasteiger partial charge in [0.15, 0.2) is 5.69 Å². The van der Waals surface area contributed by atoms with Crippen LogP contribution in [-0.4, -0.2) is 20.6 Å². The molecule has 8 heteroatoms. The third kappa shape index (κ3) is 2.89. The zero-order valence-electron chi connectivity index (χ0n) is 9.83. The van der Waals surface area contributed by atoms with E-state index in [0.717, 1.165) is 0 Å². The molecule has 2 rings (SSSR count). The number of hydrogen-bond acceptors (Lipinski definition) is 4. The molecule has 0 aliphatic rings. The maximum Gasteiger partial charge on any atom is 0.277 e. The summed E-state index contributed by atoms with van der Waals surface area (Å²) >= 11 is 5.84. The first kappa shape index (κ1) is 13.0. The van der Waals surface area contributed by atoms with Crippen molar-refractivity contribution in [3.63, 3.8) is 0 Å². The van der Waals surface area contributed by atoms with E-state index in [9.17, 15) is 14.9 Å². The minimum Gasteiger partial charge on any atom is -0.321 e. The van der Waals surface area contributed by atoms with Gasteiger partial charge in [-0.15, -0.1) is 0 Å². The minimum atomic E-state index is -0.513. The standard InChI is InChI=1S/C11H9ClN4O3/c1-15-6-9(12)10(14-15)11(17)13-7-2-4-8(5-3-7)16(18)19/h2-6H,1H3,(H,13,17). The van der Waals surface area contributed by atoms with Gasteiger partial charge in [0.25, 0.3) is 11.6 Å². The maximum absolute atomic E-state index is 11.9. The molecule has 98 valence electrons. The summed E-state index contributed by atoms with van der Waals surface area (Å²) in [5.74, 6) is -0.473. The minimum absolute atomic E-state index is 0.0473. The number of nitro benzene ring substituents is 1. The van der Waals surface area contributed by atoms with Crippen LogP contribution in [0.5, 0.6) is 0 Å². The number of nitrogens with one attached hydrogen (secondary N) is 1. The molecule has 0 spiro atoms. The van der Waals surface area contributed by atoms with Crippen LogP contribution in [0.4, 0.5) is 11.4 Å². The number of hydrogen-bond donors (Lipinski definition) is 1. The number of carbonyl (C=O) groups excluding carboxylic acids is 1. The van der Waals surface area contributed by atoms with Crippen LogP contribution in [0.2, 0.25) is 5.02 Å². The Hall–Kier alpha value is -2.41. The Morgan fingerprint density at radius 3 is 2.53 bits per heavy atom. The van der Waals surface area contributed by atoms with Crippen molar-refractivity contribution in [2.75, 3.05) is 5.32 Å². The summed E-state index contributed by atoms with van der Waals surface area (Å²) in [6.07, 6.45) is 1.51. The fraction of sp³-hybridized carbons (Fsp3) is 0.0909. The van der Waals surface area contributed by atoms with E-state index >= 15 is 0 Å². The Bertz CT molecular complexity index is 636. The zero-order valence-corrected chi connectivity index (χ0v) is 10.6. The highest BCUT2D eigenvalue weighted by molar-refractivity contribution is 6.34. The number of benzene rings is 1. The van der Waals surface area contributed by atoms with E-state index in [-0.39, 0.29) is 16.4 Å². The van der Waals surface area contributed by atoms with Gasteiger partial charge in [-0.05, 0) is 12.1 Å². The number of nitrogens with zero attached hydrogens (tertiary/aromatic N) is 3. The van der Waals surface area contributed by atoms with Gasteiger partial charge in [-0.2, -0.15) is 5.10 Å². The van der Waals surface area contributed by atoms with Crippen molar-refractivity contribution in [2.45, 2.75) is 0 Å². The first-order chi connectivity index (χ1) is 8.97. The summed E-state index contributed by atoms with van der Waals surface area (Å²) < 4.78 is 1.42. The van der Waals surface area contributed by atoms with Gasteiger partial charge in [-0.3, -0.25) is 19.6 Å². The van der Waals surface area contributed by atoms with Gasteiger partial charge in [0.1, 0.15) is 0 Å². The fourth-order valence-corrected chi connectivity index (χ4v) is 1.74. The number of nitro groups is 1. The van der Waals surface area contributed by atoms with Crippen molar-refractivity contribution in [3.05, 3.63) is 51.3 Å². The molecule has 1 aromatic heterocycles. The van der Waals surface area contributed by atoms with Crippen molar-refractivity contribution in [2.24, 2.45) is 7.05 Å². The highest BCUT2D eigenvalue weighted by atomic mass is 35.5. The van der Waals surface area contributed by atoms with Gasteiger partial charge in [-0.25, -0.2) is 0 Å². The Morgan fingerprint density at radius 1 is 1.42 bits per heavy atom. The first-order valence-electron chi connectivity index (χ1n) is 5.22. The largest absolute Gasteiger partial charge is 0.321 e. The maximum atomic E-state index is 11.9. The lowest BCUT2D eigenvalue weighted by Gasteiger charge is -2.02. The Kier molecular flexibility index (Phi) is 3.48. The highest BCUT2D eigenvalue weighted by Crippen LogP contribution is 2.18. The molecule has 1 aromatic carbocycles. The van der Waals surface area contributed by atoms with E-state index in [1.165, 1.54) is 35.1 Å². The summed E-state index contributed by atoms with van der Waals surface area (Å²) in [6, 6.07) is 5.48. The second-order valence-corrected chi connectivity index (χ2v) is 4.16. The van der Waals surface area contributed by atoms with E-state index in [4.69, 9.17) is 11.6 Å². The summed E-state index contributed by atoms with van der Waals surface area (Å²) in [6.45, 7) is 0.